The molecule has 0 aromatic heterocycles. The summed E-state index contributed by atoms with van der Waals surface area (Å²) in [6.07, 6.45) is 0.804. The third kappa shape index (κ3) is 4.69. The summed E-state index contributed by atoms with van der Waals surface area (Å²) in [6.45, 7) is 3.79. The van der Waals surface area contributed by atoms with Gasteiger partial charge in [-0.15, -0.1) is 0 Å². The second-order valence-electron chi connectivity index (χ2n) is 6.82. The molecule has 7 nitrogen and oxygen atoms in total. The summed E-state index contributed by atoms with van der Waals surface area (Å²) in [5.74, 6) is 0.660. The van der Waals surface area contributed by atoms with Crippen LogP contribution in [0.3, 0.4) is 0 Å². The number of carbonyl (C=O) groups excluding carboxylic acids is 1. The third-order valence-corrected chi connectivity index (χ3v) is 5.85. The molecule has 1 unspecified atom stereocenters. The van der Waals surface area contributed by atoms with Gasteiger partial charge < -0.3 is 10.1 Å². The highest BCUT2D eigenvalue weighted by atomic mass is 32.2. The lowest BCUT2D eigenvalue weighted by Gasteiger charge is -2.34. The Balaban J connectivity index is 1.84. The Morgan fingerprint density at radius 3 is 2.62 bits per heavy atom. The number of hydrogen-bond donors (Lipinski definition) is 2. The van der Waals surface area contributed by atoms with Gasteiger partial charge in [0, 0.05) is 11.3 Å². The molecule has 1 atom stereocenters. The summed E-state index contributed by atoms with van der Waals surface area (Å²) in [4.78, 5) is 12.6. The van der Waals surface area contributed by atoms with Gasteiger partial charge in [0.05, 0.1) is 18.1 Å². The number of hydrazone groups is 1. The summed E-state index contributed by atoms with van der Waals surface area (Å²) in [7, 11) is 1.58. The Hall–Kier alpha value is -2.62. The van der Waals surface area contributed by atoms with Crippen molar-refractivity contribution in [3.05, 3.63) is 60.2 Å². The zero-order valence-corrected chi connectivity index (χ0v) is 17.9. The van der Waals surface area contributed by atoms with Gasteiger partial charge in [-0.2, -0.15) is 10.2 Å². The van der Waals surface area contributed by atoms with E-state index in [9.17, 15) is 10.0 Å². The fourth-order valence-corrected chi connectivity index (χ4v) is 4.72. The van der Waals surface area contributed by atoms with Crippen LogP contribution in [0.4, 0.5) is 10.5 Å². The topological polar surface area (TPSA) is 77.4 Å². The van der Waals surface area contributed by atoms with Gasteiger partial charge in [0.2, 0.25) is 0 Å². The number of ether oxygens (including phenoxy) is 1. The van der Waals surface area contributed by atoms with Crippen LogP contribution in [0.2, 0.25) is 0 Å². The minimum Gasteiger partial charge on any atom is -0.496 e. The fourth-order valence-electron chi connectivity index (χ4n) is 2.94. The molecule has 0 aliphatic carbocycles. The number of thiocarbonyl (C=S) groups is 1. The molecule has 1 fully saturated rings. The van der Waals surface area contributed by atoms with Crippen LogP contribution in [-0.2, 0) is 0 Å². The molecule has 0 spiro atoms. The van der Waals surface area contributed by atoms with E-state index in [1.165, 1.54) is 16.8 Å². The normalized spacial score (nSPS) is 18.1. The van der Waals surface area contributed by atoms with E-state index in [0.29, 0.717) is 20.8 Å². The van der Waals surface area contributed by atoms with E-state index < -0.39 is 16.9 Å². The lowest BCUT2D eigenvalue weighted by atomic mass is 10.1. The van der Waals surface area contributed by atoms with E-state index in [2.05, 4.69) is 10.4 Å². The maximum Gasteiger partial charge on any atom is 0.347 e. The number of para-hydroxylation sites is 2. The predicted octanol–water partition coefficient (Wildman–Crippen LogP) is 4.39. The SMILES string of the molecule is COc1ccccc1/C=N/N1C(=S)SC(C)(C)C1N(O)C(=O)Nc1ccccc1. The standard InChI is InChI=1S/C20H22N4O3S2/c1-20(2)17(24(26)18(25)22-15-10-5-4-6-11-15)23(19(28)29-20)21-13-14-9-7-8-12-16(14)27-3/h4-13,17,26H,1-3H3,(H,22,25)/b21-13+. The first-order valence-corrected chi connectivity index (χ1v) is 10.1. The van der Waals surface area contributed by atoms with Crippen LogP contribution in [-0.4, -0.2) is 49.9 Å². The van der Waals surface area contributed by atoms with Gasteiger partial charge in [-0.05, 0) is 38.1 Å². The molecule has 1 heterocycles. The van der Waals surface area contributed by atoms with Crippen molar-refractivity contribution in [2.24, 2.45) is 5.10 Å². The van der Waals surface area contributed by atoms with Crippen LogP contribution in [0.5, 0.6) is 5.75 Å². The van der Waals surface area contributed by atoms with Crippen LogP contribution in [0.25, 0.3) is 0 Å². The third-order valence-electron chi connectivity index (χ3n) is 4.32. The van der Waals surface area contributed by atoms with Crippen LogP contribution in [0, 0.1) is 0 Å². The van der Waals surface area contributed by atoms with Crippen molar-refractivity contribution in [2.75, 3.05) is 12.4 Å². The smallest absolute Gasteiger partial charge is 0.347 e. The van der Waals surface area contributed by atoms with Gasteiger partial charge in [-0.1, -0.05) is 54.3 Å². The molecule has 0 saturated carbocycles. The highest BCUT2D eigenvalue weighted by Crippen LogP contribution is 2.42. The summed E-state index contributed by atoms with van der Waals surface area (Å²) >= 11 is 6.82. The van der Waals surface area contributed by atoms with Gasteiger partial charge in [0.1, 0.15) is 5.75 Å². The molecule has 152 valence electrons. The van der Waals surface area contributed by atoms with Crippen molar-refractivity contribution in [1.29, 1.82) is 0 Å². The van der Waals surface area contributed by atoms with Gasteiger partial charge in [-0.3, -0.25) is 5.21 Å². The summed E-state index contributed by atoms with van der Waals surface area (Å²) in [5, 5.41) is 19.9. The number of anilines is 1. The highest BCUT2D eigenvalue weighted by molar-refractivity contribution is 8.24. The minimum absolute atomic E-state index is 0.456. The number of hydrogen-bond acceptors (Lipinski definition) is 6. The number of benzene rings is 2. The lowest BCUT2D eigenvalue weighted by Crippen LogP contribution is -2.54. The first kappa shape index (κ1) is 21.1. The van der Waals surface area contributed by atoms with Crippen molar-refractivity contribution >= 4 is 46.2 Å². The van der Waals surface area contributed by atoms with Crippen molar-refractivity contribution in [3.8, 4) is 5.75 Å². The number of thioether (sulfide) groups is 1. The van der Waals surface area contributed by atoms with Crippen molar-refractivity contribution in [3.63, 3.8) is 0 Å². The second kappa shape index (κ2) is 8.81. The number of hydroxylamine groups is 2. The summed E-state index contributed by atoms with van der Waals surface area (Å²) < 4.78 is 5.21. The Morgan fingerprint density at radius 2 is 1.93 bits per heavy atom. The van der Waals surface area contributed by atoms with Crippen LogP contribution >= 0.6 is 24.0 Å². The number of nitrogens with zero attached hydrogens (tertiary/aromatic N) is 3. The van der Waals surface area contributed by atoms with E-state index in [0.717, 1.165) is 5.56 Å². The maximum atomic E-state index is 12.6. The zero-order chi connectivity index (χ0) is 21.0. The molecule has 0 bridgehead atoms. The van der Waals surface area contributed by atoms with Crippen molar-refractivity contribution < 1.29 is 14.7 Å². The Labute approximate surface area is 179 Å². The van der Waals surface area contributed by atoms with Gasteiger partial charge in [-0.25, -0.2) is 9.80 Å². The van der Waals surface area contributed by atoms with Crippen LogP contribution in [0.1, 0.15) is 19.4 Å². The quantitative estimate of drug-likeness (QED) is 0.317. The molecule has 2 amide bonds. The summed E-state index contributed by atoms with van der Waals surface area (Å²) in [5.41, 5.74) is 1.33. The number of methoxy groups -OCH3 is 1. The van der Waals surface area contributed by atoms with Gasteiger partial charge in [0.15, 0.2) is 10.5 Å². The number of amides is 2. The first-order valence-electron chi connectivity index (χ1n) is 8.87. The number of carbonyl (C=O) groups is 1. The second-order valence-corrected chi connectivity index (χ2v) is 9.11. The average Bonchev–Trinajstić information content (AvgIpc) is 2.94. The molecule has 2 N–H and O–H groups in total. The van der Waals surface area contributed by atoms with Crippen molar-refractivity contribution in [1.82, 2.24) is 10.1 Å². The van der Waals surface area contributed by atoms with E-state index in [-0.39, 0.29) is 0 Å². The zero-order valence-electron chi connectivity index (χ0n) is 16.3. The van der Waals surface area contributed by atoms with E-state index in [4.69, 9.17) is 17.0 Å². The molecule has 2 aromatic carbocycles. The molecule has 9 heteroatoms. The molecular formula is C20H22N4O3S2. The molecule has 2 aromatic rings. The molecule has 1 aliphatic rings. The maximum absolute atomic E-state index is 12.6. The van der Waals surface area contributed by atoms with E-state index in [1.54, 1.807) is 37.6 Å². The molecular weight excluding hydrogens is 408 g/mol. The van der Waals surface area contributed by atoms with Crippen LogP contribution < -0.4 is 10.1 Å². The van der Waals surface area contributed by atoms with Crippen LogP contribution in [0.15, 0.2) is 59.7 Å². The molecule has 1 aliphatic heterocycles. The Kier molecular flexibility index (Phi) is 6.41. The van der Waals surface area contributed by atoms with Gasteiger partial charge in [0.25, 0.3) is 0 Å². The fraction of sp³-hybridized carbons (Fsp3) is 0.250. The Morgan fingerprint density at radius 1 is 1.28 bits per heavy atom. The minimum atomic E-state index is -0.797. The monoisotopic (exact) mass is 430 g/mol. The molecule has 1 saturated heterocycles. The number of urea groups is 1. The number of rotatable bonds is 5. The highest BCUT2D eigenvalue weighted by Gasteiger charge is 2.50. The lowest BCUT2D eigenvalue weighted by molar-refractivity contribution is -0.114. The van der Waals surface area contributed by atoms with Crippen molar-refractivity contribution in [2.45, 2.75) is 24.8 Å². The average molecular weight is 431 g/mol. The predicted molar refractivity (Wildman–Crippen MR) is 120 cm³/mol. The van der Waals surface area contributed by atoms with E-state index >= 15 is 0 Å². The summed E-state index contributed by atoms with van der Waals surface area (Å²) in [6, 6.07) is 15.7. The largest absolute Gasteiger partial charge is 0.496 e. The first-order chi connectivity index (χ1) is 13.8. The molecule has 29 heavy (non-hydrogen) atoms. The van der Waals surface area contributed by atoms with E-state index in [1.807, 2.05) is 44.2 Å². The molecule has 3 rings (SSSR count). The molecule has 0 radical (unpaired) electrons. The number of nitrogens with one attached hydrogen (secondary N) is 1. The van der Waals surface area contributed by atoms with Gasteiger partial charge >= 0.3 is 6.03 Å². The Bertz CT molecular complexity index is 921.